The van der Waals surface area contributed by atoms with Gasteiger partial charge in [0, 0.05) is 17.6 Å². The van der Waals surface area contributed by atoms with Crippen LogP contribution in [0.25, 0.3) is 0 Å². The Balaban J connectivity index is 1.81. The Morgan fingerprint density at radius 3 is 2.60 bits per heavy atom. The Bertz CT molecular complexity index is 432. The predicted octanol–water partition coefficient (Wildman–Crippen LogP) is 3.11. The highest BCUT2D eigenvalue weighted by Crippen LogP contribution is 2.30. The lowest BCUT2D eigenvalue weighted by molar-refractivity contribution is 0.0129. The summed E-state index contributed by atoms with van der Waals surface area (Å²) in [4.78, 5) is 2.13. The molecule has 4 heteroatoms. The number of hydrogen-bond acceptors (Lipinski definition) is 3. The first-order valence-corrected chi connectivity index (χ1v) is 8.13. The van der Waals surface area contributed by atoms with Crippen LogP contribution in [-0.2, 0) is 0 Å². The number of likely N-dealkylation sites (N-methyl/N-ethyl adjacent to an activating group) is 1. The molecular formula is C16H24BrNO2. The second kappa shape index (κ2) is 7.03. The van der Waals surface area contributed by atoms with Crippen molar-refractivity contribution >= 4 is 15.9 Å². The van der Waals surface area contributed by atoms with E-state index < -0.39 is 11.7 Å². The molecule has 1 saturated carbocycles. The van der Waals surface area contributed by atoms with Crippen LogP contribution in [-0.4, -0.2) is 40.9 Å². The molecule has 0 amide bonds. The van der Waals surface area contributed by atoms with Gasteiger partial charge in [0.2, 0.25) is 0 Å². The zero-order chi connectivity index (χ0) is 14.6. The van der Waals surface area contributed by atoms with Crippen molar-refractivity contribution in [2.45, 2.75) is 43.8 Å². The number of benzene rings is 1. The predicted molar refractivity (Wildman–Crippen MR) is 84.6 cm³/mol. The molecule has 0 bridgehead atoms. The van der Waals surface area contributed by atoms with Gasteiger partial charge >= 0.3 is 0 Å². The van der Waals surface area contributed by atoms with E-state index in [4.69, 9.17) is 0 Å². The Morgan fingerprint density at radius 1 is 1.30 bits per heavy atom. The lowest BCUT2D eigenvalue weighted by Crippen LogP contribution is -2.39. The molecule has 2 N–H and O–H groups in total. The van der Waals surface area contributed by atoms with Crippen molar-refractivity contribution in [1.82, 2.24) is 4.90 Å². The molecular weight excluding hydrogens is 318 g/mol. The highest BCUT2D eigenvalue weighted by Gasteiger charge is 2.32. The first-order chi connectivity index (χ1) is 9.50. The minimum absolute atomic E-state index is 0.466. The third kappa shape index (κ3) is 4.29. The van der Waals surface area contributed by atoms with Crippen molar-refractivity contribution in [3.8, 4) is 0 Å². The molecule has 1 fully saturated rings. The van der Waals surface area contributed by atoms with E-state index >= 15 is 0 Å². The van der Waals surface area contributed by atoms with Crippen LogP contribution in [0.5, 0.6) is 0 Å². The molecule has 1 aromatic rings. The van der Waals surface area contributed by atoms with Crippen LogP contribution in [0.3, 0.4) is 0 Å². The van der Waals surface area contributed by atoms with E-state index in [1.807, 2.05) is 31.3 Å². The number of rotatable bonds is 6. The third-order valence-electron chi connectivity index (χ3n) is 4.15. The van der Waals surface area contributed by atoms with Gasteiger partial charge in [-0.15, -0.1) is 0 Å². The fraction of sp³-hybridized carbons (Fsp3) is 0.625. The minimum atomic E-state index is -0.507. The summed E-state index contributed by atoms with van der Waals surface area (Å²) in [6.07, 6.45) is 4.28. The topological polar surface area (TPSA) is 43.7 Å². The summed E-state index contributed by atoms with van der Waals surface area (Å²) in [5.74, 6) is 0. The maximum absolute atomic E-state index is 10.4. The first-order valence-electron chi connectivity index (χ1n) is 7.34. The number of aliphatic hydroxyl groups excluding tert-OH is 1. The normalized spacial score (nSPS) is 19.4. The van der Waals surface area contributed by atoms with Gasteiger partial charge in [-0.3, -0.25) is 0 Å². The van der Waals surface area contributed by atoms with E-state index in [1.165, 1.54) is 0 Å². The SMILES string of the molecule is CN(CCC(O)c1ccccc1Br)CC1(O)CCCC1. The molecule has 0 aromatic heterocycles. The van der Waals surface area contributed by atoms with Gasteiger partial charge in [0.15, 0.2) is 0 Å². The monoisotopic (exact) mass is 341 g/mol. The van der Waals surface area contributed by atoms with E-state index in [0.29, 0.717) is 13.0 Å². The molecule has 112 valence electrons. The van der Waals surface area contributed by atoms with Gasteiger partial charge in [-0.25, -0.2) is 0 Å². The number of hydrogen-bond donors (Lipinski definition) is 2. The van der Waals surface area contributed by atoms with E-state index in [-0.39, 0.29) is 0 Å². The zero-order valence-corrected chi connectivity index (χ0v) is 13.6. The molecule has 1 aliphatic carbocycles. The van der Waals surface area contributed by atoms with Gasteiger partial charge in [-0.1, -0.05) is 47.0 Å². The van der Waals surface area contributed by atoms with E-state index in [1.54, 1.807) is 0 Å². The molecule has 2 rings (SSSR count). The van der Waals surface area contributed by atoms with Gasteiger partial charge in [0.25, 0.3) is 0 Å². The van der Waals surface area contributed by atoms with Crippen molar-refractivity contribution in [3.05, 3.63) is 34.3 Å². The third-order valence-corrected chi connectivity index (χ3v) is 4.87. The lowest BCUT2D eigenvalue weighted by Gasteiger charge is -2.29. The summed E-state index contributed by atoms with van der Waals surface area (Å²) in [5, 5.41) is 20.6. The van der Waals surface area contributed by atoms with Crippen molar-refractivity contribution < 1.29 is 10.2 Å². The molecule has 1 aliphatic rings. The second-order valence-corrected chi connectivity index (χ2v) is 6.85. The molecule has 0 heterocycles. The fourth-order valence-electron chi connectivity index (χ4n) is 3.02. The molecule has 20 heavy (non-hydrogen) atoms. The highest BCUT2D eigenvalue weighted by atomic mass is 79.9. The van der Waals surface area contributed by atoms with E-state index in [2.05, 4.69) is 20.8 Å². The van der Waals surface area contributed by atoms with E-state index in [0.717, 1.165) is 42.3 Å². The quantitative estimate of drug-likeness (QED) is 0.835. The number of aliphatic hydroxyl groups is 2. The number of nitrogens with zero attached hydrogens (tertiary/aromatic N) is 1. The summed E-state index contributed by atoms with van der Waals surface area (Å²) in [6.45, 7) is 1.49. The maximum atomic E-state index is 10.4. The summed E-state index contributed by atoms with van der Waals surface area (Å²) < 4.78 is 0.949. The largest absolute Gasteiger partial charge is 0.389 e. The molecule has 0 radical (unpaired) electrons. The Kier molecular flexibility index (Phi) is 5.61. The maximum Gasteiger partial charge on any atom is 0.0813 e. The molecule has 1 atom stereocenters. The van der Waals surface area contributed by atoms with Crippen molar-refractivity contribution in [2.24, 2.45) is 0 Å². The van der Waals surface area contributed by atoms with Crippen LogP contribution in [0, 0.1) is 0 Å². The van der Waals surface area contributed by atoms with Gasteiger partial charge in [0.05, 0.1) is 11.7 Å². The van der Waals surface area contributed by atoms with Gasteiger partial charge < -0.3 is 15.1 Å². The molecule has 0 spiro atoms. The Morgan fingerprint density at radius 2 is 1.95 bits per heavy atom. The lowest BCUT2D eigenvalue weighted by atomic mass is 10.0. The summed E-state index contributed by atoms with van der Waals surface area (Å²) in [7, 11) is 2.02. The zero-order valence-electron chi connectivity index (χ0n) is 12.1. The second-order valence-electron chi connectivity index (χ2n) is 6.00. The van der Waals surface area contributed by atoms with Crippen LogP contribution in [0.1, 0.15) is 43.8 Å². The molecule has 0 saturated heterocycles. The van der Waals surface area contributed by atoms with Crippen LogP contribution in [0.2, 0.25) is 0 Å². The van der Waals surface area contributed by atoms with E-state index in [9.17, 15) is 10.2 Å². The smallest absolute Gasteiger partial charge is 0.0813 e. The fourth-order valence-corrected chi connectivity index (χ4v) is 3.57. The molecule has 3 nitrogen and oxygen atoms in total. The minimum Gasteiger partial charge on any atom is -0.389 e. The summed E-state index contributed by atoms with van der Waals surface area (Å²) >= 11 is 3.47. The molecule has 0 aliphatic heterocycles. The van der Waals surface area contributed by atoms with Gasteiger partial charge in [0.1, 0.15) is 0 Å². The van der Waals surface area contributed by atoms with Crippen molar-refractivity contribution in [1.29, 1.82) is 0 Å². The Hall–Kier alpha value is -0.420. The van der Waals surface area contributed by atoms with Gasteiger partial charge in [-0.05, 0) is 37.9 Å². The van der Waals surface area contributed by atoms with Crippen LogP contribution in [0.4, 0.5) is 0 Å². The average molecular weight is 342 g/mol. The number of halogens is 1. The molecule has 1 unspecified atom stereocenters. The molecule has 1 aromatic carbocycles. The summed E-state index contributed by atoms with van der Waals surface area (Å²) in [6, 6.07) is 7.78. The van der Waals surface area contributed by atoms with Crippen LogP contribution < -0.4 is 0 Å². The highest BCUT2D eigenvalue weighted by molar-refractivity contribution is 9.10. The summed E-state index contributed by atoms with van der Waals surface area (Å²) in [5.41, 5.74) is 0.424. The van der Waals surface area contributed by atoms with Gasteiger partial charge in [-0.2, -0.15) is 0 Å². The standard InChI is InChI=1S/C16H24BrNO2/c1-18(12-16(20)9-4-5-10-16)11-8-15(19)13-6-2-3-7-14(13)17/h2-3,6-7,15,19-20H,4-5,8-12H2,1H3. The Labute approximate surface area is 129 Å². The van der Waals surface area contributed by atoms with Crippen LogP contribution >= 0.6 is 15.9 Å². The van der Waals surface area contributed by atoms with Crippen molar-refractivity contribution in [2.75, 3.05) is 20.1 Å². The average Bonchev–Trinajstić information content (AvgIpc) is 2.83. The van der Waals surface area contributed by atoms with Crippen LogP contribution in [0.15, 0.2) is 28.7 Å². The first kappa shape index (κ1) is 16.0. The van der Waals surface area contributed by atoms with Crippen molar-refractivity contribution in [3.63, 3.8) is 0 Å².